The molecule has 0 radical (unpaired) electrons. The van der Waals surface area contributed by atoms with Gasteiger partial charge in [-0.15, -0.1) is 22.9 Å². The number of nitrogens with zero attached hydrogens (tertiary/aromatic N) is 3. The van der Waals surface area contributed by atoms with Crippen LogP contribution >= 0.6 is 34.5 Å². The zero-order valence-corrected chi connectivity index (χ0v) is 14.9. The summed E-state index contributed by atoms with van der Waals surface area (Å²) in [6.45, 7) is 9.15. The minimum absolute atomic E-state index is 0.0333. The van der Waals surface area contributed by atoms with Gasteiger partial charge >= 0.3 is 0 Å². The number of halogens is 2. The number of alkyl halides is 1. The lowest BCUT2D eigenvalue weighted by atomic mass is 10.1. The Labute approximate surface area is 149 Å². The lowest BCUT2D eigenvalue weighted by Gasteiger charge is -2.02. The van der Waals surface area contributed by atoms with E-state index in [1.165, 1.54) is 15.8 Å². The molecule has 1 aromatic heterocycles. The number of rotatable bonds is 4. The molecule has 0 aliphatic carbocycles. The van der Waals surface area contributed by atoms with Crippen molar-refractivity contribution in [2.45, 2.75) is 6.92 Å². The Kier molecular flexibility index (Phi) is 6.28. The largest absolute Gasteiger partial charge is 0.250 e. The quantitative estimate of drug-likeness (QED) is 0.221. The van der Waals surface area contributed by atoms with E-state index in [4.69, 9.17) is 23.2 Å². The van der Waals surface area contributed by atoms with Gasteiger partial charge in [0.2, 0.25) is 5.29 Å². The van der Waals surface area contributed by atoms with Gasteiger partial charge in [0.25, 0.3) is 0 Å². The van der Waals surface area contributed by atoms with Crippen LogP contribution in [-0.4, -0.2) is 23.9 Å². The molecule has 0 N–H and O–H groups in total. The summed E-state index contributed by atoms with van der Waals surface area (Å²) in [4.78, 5) is 13.1. The van der Waals surface area contributed by atoms with Crippen molar-refractivity contribution in [2.75, 3.05) is 6.00 Å². The smallest absolute Gasteiger partial charge is 0.223 e. The van der Waals surface area contributed by atoms with Crippen molar-refractivity contribution in [2.24, 2.45) is 15.0 Å². The van der Waals surface area contributed by atoms with E-state index in [-0.39, 0.29) is 11.3 Å². The highest BCUT2D eigenvalue weighted by molar-refractivity contribution is 7.19. The van der Waals surface area contributed by atoms with E-state index >= 15 is 0 Å². The first kappa shape index (κ1) is 17.6. The molecule has 0 amide bonds. The average molecular weight is 364 g/mol. The van der Waals surface area contributed by atoms with Gasteiger partial charge in [0, 0.05) is 15.1 Å². The van der Waals surface area contributed by atoms with Crippen LogP contribution in [0, 0.1) is 6.92 Å². The molecule has 23 heavy (non-hydrogen) atoms. The predicted molar refractivity (Wildman–Crippen MR) is 106 cm³/mol. The molecule has 6 heteroatoms. The SMILES string of the molecule is C=C/C=C\c1c(C)sc2cc(C(N=C(Cl)N=C)=NCCl)ccc12. The lowest BCUT2D eigenvalue weighted by Crippen LogP contribution is -2.00. The molecule has 0 bridgehead atoms. The van der Waals surface area contributed by atoms with E-state index in [1.54, 1.807) is 17.4 Å². The second kappa shape index (κ2) is 8.20. The van der Waals surface area contributed by atoms with E-state index in [0.29, 0.717) is 5.84 Å². The molecule has 0 aliphatic heterocycles. The van der Waals surface area contributed by atoms with Gasteiger partial charge in [0.05, 0.1) is 0 Å². The first-order chi connectivity index (χ1) is 11.1. The molecule has 2 aromatic rings. The standard InChI is InChI=1S/C17H15Cl2N3S/c1-4-5-6-13-11(2)23-15-9-12(7-8-14(13)15)16(21-10-18)22-17(19)20-3/h4-9H,1,3,10H2,2H3/b6-5-,21-16?,22-17?. The summed E-state index contributed by atoms with van der Waals surface area (Å²) in [5.74, 6) is 0.438. The highest BCUT2D eigenvalue weighted by atomic mass is 35.5. The third-order valence-corrected chi connectivity index (χ3v) is 4.52. The van der Waals surface area contributed by atoms with Crippen LogP contribution in [0.3, 0.4) is 0 Å². The summed E-state index contributed by atoms with van der Waals surface area (Å²) in [6.07, 6.45) is 5.76. The van der Waals surface area contributed by atoms with Crippen molar-refractivity contribution in [3.8, 4) is 0 Å². The molecule has 1 aromatic carbocycles. The van der Waals surface area contributed by atoms with Crippen LogP contribution in [0.1, 0.15) is 16.0 Å². The van der Waals surface area contributed by atoms with Crippen LogP contribution in [-0.2, 0) is 0 Å². The summed E-state index contributed by atoms with van der Waals surface area (Å²) >= 11 is 13.3. The number of benzene rings is 1. The molecule has 0 unspecified atom stereocenters. The second-order valence-electron chi connectivity index (χ2n) is 4.52. The maximum atomic E-state index is 5.83. The summed E-state index contributed by atoms with van der Waals surface area (Å²) in [5, 5.41) is 1.21. The number of allylic oxidation sites excluding steroid dienone is 2. The number of fused-ring (bicyclic) bond motifs is 1. The fourth-order valence-corrected chi connectivity index (χ4v) is 3.40. The predicted octanol–water partition coefficient (Wildman–Crippen LogP) is 5.65. The van der Waals surface area contributed by atoms with Crippen LogP contribution in [0.5, 0.6) is 0 Å². The molecule has 118 valence electrons. The molecule has 0 atom stereocenters. The van der Waals surface area contributed by atoms with Crippen molar-refractivity contribution in [3.05, 3.63) is 52.9 Å². The molecule has 1 heterocycles. The maximum Gasteiger partial charge on any atom is 0.223 e. The fourth-order valence-electron chi connectivity index (χ4n) is 2.12. The maximum absolute atomic E-state index is 5.83. The Hall–Kier alpha value is -1.75. The monoisotopic (exact) mass is 363 g/mol. The van der Waals surface area contributed by atoms with Crippen LogP contribution in [0.2, 0.25) is 0 Å². The lowest BCUT2D eigenvalue weighted by molar-refractivity contribution is 1.33. The Bertz CT molecular complexity index is 832. The van der Waals surface area contributed by atoms with E-state index in [1.807, 2.05) is 24.3 Å². The van der Waals surface area contributed by atoms with Crippen molar-refractivity contribution < 1.29 is 0 Å². The Morgan fingerprint density at radius 2 is 2.17 bits per heavy atom. The Morgan fingerprint density at radius 3 is 2.83 bits per heavy atom. The number of hydrogen-bond acceptors (Lipinski definition) is 2. The first-order valence-corrected chi connectivity index (χ1v) is 8.47. The first-order valence-electron chi connectivity index (χ1n) is 6.74. The average Bonchev–Trinajstić information content (AvgIpc) is 2.86. The fraction of sp³-hybridized carbons (Fsp3) is 0.118. The zero-order valence-electron chi connectivity index (χ0n) is 12.6. The van der Waals surface area contributed by atoms with Gasteiger partial charge in [-0.05, 0) is 42.3 Å². The highest BCUT2D eigenvalue weighted by Gasteiger charge is 2.10. The summed E-state index contributed by atoms with van der Waals surface area (Å²) in [6, 6.07) is 6.11. The topological polar surface area (TPSA) is 37.1 Å². The molecule has 2 rings (SSSR count). The minimum Gasteiger partial charge on any atom is -0.250 e. The Morgan fingerprint density at radius 1 is 1.39 bits per heavy atom. The van der Waals surface area contributed by atoms with E-state index < -0.39 is 0 Å². The second-order valence-corrected chi connectivity index (χ2v) is 6.35. The van der Waals surface area contributed by atoms with Crippen molar-refractivity contribution in [1.29, 1.82) is 0 Å². The van der Waals surface area contributed by atoms with Crippen LogP contribution in [0.15, 0.2) is 51.9 Å². The van der Waals surface area contributed by atoms with Crippen molar-refractivity contribution in [3.63, 3.8) is 0 Å². The molecule has 0 saturated carbocycles. The Balaban J connectivity index is 2.55. The molecule has 0 saturated heterocycles. The van der Waals surface area contributed by atoms with Crippen LogP contribution < -0.4 is 0 Å². The molecule has 0 aliphatic rings. The third-order valence-electron chi connectivity index (χ3n) is 3.11. The van der Waals surface area contributed by atoms with E-state index in [0.717, 1.165) is 10.3 Å². The molecule has 0 fully saturated rings. The number of thiophene rings is 1. The van der Waals surface area contributed by atoms with E-state index in [9.17, 15) is 0 Å². The van der Waals surface area contributed by atoms with Gasteiger partial charge in [-0.25, -0.2) is 9.98 Å². The number of aliphatic imine (C=N–C) groups is 3. The number of aryl methyl sites for hydroxylation is 1. The van der Waals surface area contributed by atoms with Crippen LogP contribution in [0.25, 0.3) is 16.2 Å². The number of hydrogen-bond donors (Lipinski definition) is 0. The zero-order chi connectivity index (χ0) is 16.8. The molecular weight excluding hydrogens is 349 g/mol. The molecular formula is C17H15Cl2N3S. The highest BCUT2D eigenvalue weighted by Crippen LogP contribution is 2.32. The van der Waals surface area contributed by atoms with E-state index in [2.05, 4.69) is 41.3 Å². The van der Waals surface area contributed by atoms with Crippen molar-refractivity contribution in [1.82, 2.24) is 0 Å². The van der Waals surface area contributed by atoms with Gasteiger partial charge < -0.3 is 0 Å². The van der Waals surface area contributed by atoms with Gasteiger partial charge in [0.15, 0.2) is 5.84 Å². The summed E-state index contributed by atoms with van der Waals surface area (Å²) in [7, 11) is 0. The van der Waals surface area contributed by atoms with Crippen molar-refractivity contribution >= 4 is 68.5 Å². The van der Waals surface area contributed by atoms with Gasteiger partial charge in [0.1, 0.15) is 6.00 Å². The van der Waals surface area contributed by atoms with Crippen LogP contribution in [0.4, 0.5) is 0 Å². The molecule has 0 spiro atoms. The van der Waals surface area contributed by atoms with Gasteiger partial charge in [-0.3, -0.25) is 0 Å². The van der Waals surface area contributed by atoms with Gasteiger partial charge in [-0.1, -0.05) is 36.9 Å². The normalized spacial score (nSPS) is 13.0. The summed E-state index contributed by atoms with van der Waals surface area (Å²) < 4.78 is 1.14. The number of amidine groups is 2. The third kappa shape index (κ3) is 4.16. The molecule has 3 nitrogen and oxygen atoms in total. The van der Waals surface area contributed by atoms with Gasteiger partial charge in [-0.2, -0.15) is 4.99 Å². The minimum atomic E-state index is 0.0333. The summed E-state index contributed by atoms with van der Waals surface area (Å²) in [5.41, 5.74) is 2.03.